The van der Waals surface area contributed by atoms with E-state index in [4.69, 9.17) is 27.9 Å². The third-order valence-electron chi connectivity index (χ3n) is 4.80. The second-order valence-corrected chi connectivity index (χ2v) is 7.62. The molecule has 0 radical (unpaired) electrons. The molecule has 2 aromatic carbocycles. The van der Waals surface area contributed by atoms with Gasteiger partial charge in [0.2, 0.25) is 0 Å². The molecule has 0 unspecified atom stereocenters. The van der Waals surface area contributed by atoms with Gasteiger partial charge in [0.15, 0.2) is 6.61 Å². The molecule has 0 aromatic heterocycles. The van der Waals surface area contributed by atoms with Crippen LogP contribution in [0.3, 0.4) is 0 Å². The molecule has 0 atom stereocenters. The van der Waals surface area contributed by atoms with Crippen molar-refractivity contribution in [3.05, 3.63) is 63.1 Å². The monoisotopic (exact) mass is 420 g/mol. The smallest absolute Gasteiger partial charge is 0.260 e. The van der Waals surface area contributed by atoms with Crippen LogP contribution in [0.4, 0.5) is 0 Å². The summed E-state index contributed by atoms with van der Waals surface area (Å²) in [5.41, 5.74) is 2.46. The first kappa shape index (κ1) is 20.5. The van der Waals surface area contributed by atoms with Gasteiger partial charge in [0.25, 0.3) is 11.8 Å². The highest BCUT2D eigenvalue weighted by atomic mass is 35.5. The molecule has 0 spiro atoms. The first-order valence-electron chi connectivity index (χ1n) is 9.08. The minimum absolute atomic E-state index is 0.0155. The van der Waals surface area contributed by atoms with Crippen molar-refractivity contribution in [1.29, 1.82) is 0 Å². The number of hydrogen-bond donors (Lipinski definition) is 0. The van der Waals surface area contributed by atoms with Gasteiger partial charge < -0.3 is 14.5 Å². The Hall–Kier alpha value is -2.24. The highest BCUT2D eigenvalue weighted by molar-refractivity contribution is 6.43. The van der Waals surface area contributed by atoms with E-state index >= 15 is 0 Å². The highest BCUT2D eigenvalue weighted by Gasteiger charge is 2.26. The maximum absolute atomic E-state index is 12.7. The Labute approximate surface area is 174 Å². The van der Waals surface area contributed by atoms with E-state index in [1.807, 2.05) is 32.0 Å². The van der Waals surface area contributed by atoms with Crippen molar-refractivity contribution < 1.29 is 14.3 Å². The number of aryl methyl sites for hydroxylation is 2. The van der Waals surface area contributed by atoms with Crippen LogP contribution < -0.4 is 4.74 Å². The Balaban J connectivity index is 1.54. The van der Waals surface area contributed by atoms with E-state index in [0.717, 1.165) is 16.9 Å². The van der Waals surface area contributed by atoms with Crippen molar-refractivity contribution in [2.45, 2.75) is 13.8 Å². The number of hydrogen-bond acceptors (Lipinski definition) is 3. The predicted octanol–water partition coefficient (Wildman–Crippen LogP) is 3.97. The molecule has 28 heavy (non-hydrogen) atoms. The maximum Gasteiger partial charge on any atom is 0.260 e. The van der Waals surface area contributed by atoms with Crippen LogP contribution in [-0.2, 0) is 4.79 Å². The number of halogens is 2. The van der Waals surface area contributed by atoms with E-state index < -0.39 is 0 Å². The summed E-state index contributed by atoms with van der Waals surface area (Å²) in [7, 11) is 0. The van der Waals surface area contributed by atoms with Crippen molar-refractivity contribution in [3.63, 3.8) is 0 Å². The van der Waals surface area contributed by atoms with Crippen LogP contribution in [0.2, 0.25) is 10.0 Å². The van der Waals surface area contributed by atoms with Crippen LogP contribution in [-0.4, -0.2) is 54.4 Å². The number of rotatable bonds is 4. The summed E-state index contributed by atoms with van der Waals surface area (Å²) in [6.45, 7) is 5.71. The van der Waals surface area contributed by atoms with Crippen molar-refractivity contribution >= 4 is 35.0 Å². The van der Waals surface area contributed by atoms with E-state index in [9.17, 15) is 9.59 Å². The van der Waals surface area contributed by atoms with Crippen LogP contribution in [0.25, 0.3) is 0 Å². The molecule has 1 aliphatic heterocycles. The standard InChI is InChI=1S/C21H22Cl2N2O3/c1-14-6-7-15(2)18(12-14)28-13-19(26)24-8-10-25(11-9-24)21(27)16-4-3-5-17(22)20(16)23/h3-7,12H,8-11,13H2,1-2H3. The van der Waals surface area contributed by atoms with Gasteiger partial charge in [0.05, 0.1) is 15.6 Å². The van der Waals surface area contributed by atoms with Crippen molar-refractivity contribution in [3.8, 4) is 5.75 Å². The topological polar surface area (TPSA) is 49.9 Å². The van der Waals surface area contributed by atoms with Gasteiger partial charge in [-0.3, -0.25) is 9.59 Å². The Morgan fingerprint density at radius 1 is 1.00 bits per heavy atom. The van der Waals surface area contributed by atoms with E-state index in [-0.39, 0.29) is 23.4 Å². The first-order chi connectivity index (χ1) is 13.4. The molecule has 1 heterocycles. The number of benzene rings is 2. The second-order valence-electron chi connectivity index (χ2n) is 6.83. The second kappa shape index (κ2) is 8.84. The van der Waals surface area contributed by atoms with Gasteiger partial charge in [0.1, 0.15) is 5.75 Å². The molecule has 7 heteroatoms. The fourth-order valence-corrected chi connectivity index (χ4v) is 3.47. The molecule has 0 aliphatic carbocycles. The molecule has 1 saturated heterocycles. The Morgan fingerprint density at radius 2 is 1.68 bits per heavy atom. The van der Waals surface area contributed by atoms with Crippen LogP contribution in [0, 0.1) is 13.8 Å². The average molecular weight is 421 g/mol. The number of nitrogens with zero attached hydrogens (tertiary/aromatic N) is 2. The summed E-state index contributed by atoms with van der Waals surface area (Å²) in [5.74, 6) is 0.456. The molecule has 2 aromatic rings. The molecular formula is C21H22Cl2N2O3. The van der Waals surface area contributed by atoms with E-state index in [1.54, 1.807) is 28.0 Å². The number of piperazine rings is 1. The average Bonchev–Trinajstić information content (AvgIpc) is 2.70. The summed E-state index contributed by atoms with van der Waals surface area (Å²) in [5, 5.41) is 0.611. The number of ether oxygens (including phenoxy) is 1. The lowest BCUT2D eigenvalue weighted by molar-refractivity contribution is -0.134. The fourth-order valence-electron chi connectivity index (χ4n) is 3.09. The summed E-state index contributed by atoms with van der Waals surface area (Å²) >= 11 is 12.1. The van der Waals surface area contributed by atoms with Crippen molar-refractivity contribution in [2.24, 2.45) is 0 Å². The molecule has 0 bridgehead atoms. The van der Waals surface area contributed by atoms with Crippen LogP contribution in [0.1, 0.15) is 21.5 Å². The van der Waals surface area contributed by atoms with Gasteiger partial charge in [-0.05, 0) is 43.2 Å². The van der Waals surface area contributed by atoms with Gasteiger partial charge in [-0.2, -0.15) is 0 Å². The molecule has 1 aliphatic rings. The van der Waals surface area contributed by atoms with Crippen molar-refractivity contribution in [2.75, 3.05) is 32.8 Å². The van der Waals surface area contributed by atoms with E-state index in [1.165, 1.54) is 0 Å². The van der Waals surface area contributed by atoms with Crippen LogP contribution >= 0.6 is 23.2 Å². The lowest BCUT2D eigenvalue weighted by atomic mass is 10.1. The summed E-state index contributed by atoms with van der Waals surface area (Å²) < 4.78 is 5.70. The first-order valence-corrected chi connectivity index (χ1v) is 9.83. The van der Waals surface area contributed by atoms with Crippen LogP contribution in [0.5, 0.6) is 5.75 Å². The van der Waals surface area contributed by atoms with Gasteiger partial charge in [-0.15, -0.1) is 0 Å². The molecule has 148 valence electrons. The Kier molecular flexibility index (Phi) is 6.47. The number of carbonyl (C=O) groups is 2. The maximum atomic E-state index is 12.7. The lowest BCUT2D eigenvalue weighted by Crippen LogP contribution is -2.51. The SMILES string of the molecule is Cc1ccc(C)c(OCC(=O)N2CCN(C(=O)c3cccc(Cl)c3Cl)CC2)c1. The molecule has 0 N–H and O–H groups in total. The summed E-state index contributed by atoms with van der Waals surface area (Å²) in [4.78, 5) is 28.6. The lowest BCUT2D eigenvalue weighted by Gasteiger charge is -2.35. The molecule has 3 rings (SSSR count). The van der Waals surface area contributed by atoms with Gasteiger partial charge in [-0.25, -0.2) is 0 Å². The molecule has 0 saturated carbocycles. The molecule has 2 amide bonds. The molecule has 5 nitrogen and oxygen atoms in total. The summed E-state index contributed by atoms with van der Waals surface area (Å²) in [6, 6.07) is 10.9. The summed E-state index contributed by atoms with van der Waals surface area (Å²) in [6.07, 6.45) is 0. The molecule has 1 fully saturated rings. The zero-order valence-corrected chi connectivity index (χ0v) is 17.4. The normalized spacial score (nSPS) is 14.1. The highest BCUT2D eigenvalue weighted by Crippen LogP contribution is 2.27. The minimum atomic E-state index is -0.175. The fraction of sp³-hybridized carbons (Fsp3) is 0.333. The van der Waals surface area contributed by atoms with Crippen LogP contribution in [0.15, 0.2) is 36.4 Å². The zero-order valence-electron chi connectivity index (χ0n) is 15.9. The third-order valence-corrected chi connectivity index (χ3v) is 5.62. The predicted molar refractivity (Wildman–Crippen MR) is 110 cm³/mol. The zero-order chi connectivity index (χ0) is 20.3. The van der Waals surface area contributed by atoms with E-state index in [0.29, 0.717) is 36.8 Å². The van der Waals surface area contributed by atoms with E-state index in [2.05, 4.69) is 0 Å². The van der Waals surface area contributed by atoms with Gasteiger partial charge in [0, 0.05) is 26.2 Å². The van der Waals surface area contributed by atoms with Gasteiger partial charge in [-0.1, -0.05) is 41.4 Å². The van der Waals surface area contributed by atoms with Crippen molar-refractivity contribution in [1.82, 2.24) is 9.80 Å². The Bertz CT molecular complexity index is 893. The quantitative estimate of drug-likeness (QED) is 0.751. The minimum Gasteiger partial charge on any atom is -0.483 e. The molecular weight excluding hydrogens is 399 g/mol. The number of amides is 2. The Morgan fingerprint density at radius 3 is 2.39 bits per heavy atom. The largest absolute Gasteiger partial charge is 0.483 e. The van der Waals surface area contributed by atoms with Gasteiger partial charge >= 0.3 is 0 Å². The third kappa shape index (κ3) is 4.59. The number of carbonyl (C=O) groups excluding carboxylic acids is 2.